The summed E-state index contributed by atoms with van der Waals surface area (Å²) in [7, 11) is -1.42. The molecule has 1 aromatic carbocycles. The van der Waals surface area contributed by atoms with Gasteiger partial charge in [-0.05, 0) is 36.8 Å². The molecule has 0 saturated carbocycles. The third-order valence-corrected chi connectivity index (χ3v) is 6.10. The Bertz CT molecular complexity index is 1190. The Morgan fingerprint density at radius 1 is 1.10 bits per heavy atom. The van der Waals surface area contributed by atoms with Gasteiger partial charge >= 0.3 is 0 Å². The maximum Gasteiger partial charge on any atom is 0.206 e. The molecule has 1 unspecified atom stereocenters. The van der Waals surface area contributed by atoms with Crippen molar-refractivity contribution in [1.29, 1.82) is 0 Å². The molecule has 0 radical (unpaired) electrons. The van der Waals surface area contributed by atoms with Gasteiger partial charge in [-0.15, -0.1) is 0 Å². The number of unbranched alkanes of at least 4 members (excludes halogenated alkanes) is 3. The third-order valence-electron chi connectivity index (χ3n) is 5.05. The van der Waals surface area contributed by atoms with E-state index in [9.17, 15) is 8.60 Å². The third kappa shape index (κ3) is 4.91. The Balaban J connectivity index is 1.56. The molecule has 0 aliphatic rings. The lowest BCUT2D eigenvalue weighted by Gasteiger charge is -2.04. The first kappa shape index (κ1) is 21.4. The first-order valence-corrected chi connectivity index (χ1v) is 11.6. The van der Waals surface area contributed by atoms with Crippen LogP contribution in [0.2, 0.25) is 0 Å². The van der Waals surface area contributed by atoms with Crippen LogP contribution in [-0.4, -0.2) is 25.5 Å². The standard InChI is InChI=1S/C23H25FN4O2S/c1-2-3-4-7-15-26-31(29)21-13-12-20(30-21)22-18-10-8-14-25-23(18)28(27-22)16-17-9-5-6-11-19(17)24/h5-6,8-14,26H,2-4,7,15-16H2,1H3. The number of benzene rings is 1. The lowest BCUT2D eigenvalue weighted by atomic mass is 10.2. The van der Waals surface area contributed by atoms with Crippen LogP contribution in [0.25, 0.3) is 22.5 Å². The van der Waals surface area contributed by atoms with E-state index in [0.717, 1.165) is 24.6 Å². The normalized spacial score (nSPS) is 12.5. The van der Waals surface area contributed by atoms with E-state index in [1.54, 1.807) is 41.2 Å². The average molecular weight is 441 g/mol. The summed E-state index contributed by atoms with van der Waals surface area (Å²) in [5.41, 5.74) is 1.75. The number of fused-ring (bicyclic) bond motifs is 1. The molecule has 6 nitrogen and oxygen atoms in total. The number of nitrogens with one attached hydrogen (secondary N) is 1. The van der Waals surface area contributed by atoms with E-state index >= 15 is 0 Å². The van der Waals surface area contributed by atoms with Gasteiger partial charge in [-0.25, -0.2) is 23.0 Å². The molecule has 0 amide bonds. The van der Waals surface area contributed by atoms with Crippen LogP contribution < -0.4 is 4.72 Å². The minimum Gasteiger partial charge on any atom is -0.444 e. The van der Waals surface area contributed by atoms with Crippen molar-refractivity contribution in [3.8, 4) is 11.5 Å². The lowest BCUT2D eigenvalue weighted by molar-refractivity contribution is 0.473. The Morgan fingerprint density at radius 2 is 1.97 bits per heavy atom. The average Bonchev–Trinajstić information content (AvgIpc) is 3.41. The number of aromatic nitrogens is 3. The highest BCUT2D eigenvalue weighted by molar-refractivity contribution is 7.82. The Labute approximate surface area is 183 Å². The van der Waals surface area contributed by atoms with E-state index in [0.29, 0.717) is 34.3 Å². The molecule has 3 heterocycles. The zero-order valence-electron chi connectivity index (χ0n) is 17.4. The highest BCUT2D eigenvalue weighted by Gasteiger charge is 2.18. The summed E-state index contributed by atoms with van der Waals surface area (Å²) in [6.45, 7) is 3.08. The minimum absolute atomic E-state index is 0.249. The van der Waals surface area contributed by atoms with Gasteiger partial charge in [-0.3, -0.25) is 0 Å². The van der Waals surface area contributed by atoms with E-state index in [1.165, 1.54) is 12.5 Å². The van der Waals surface area contributed by atoms with Crippen molar-refractivity contribution in [3.63, 3.8) is 0 Å². The second-order valence-electron chi connectivity index (χ2n) is 7.31. The Kier molecular flexibility index (Phi) is 6.89. The van der Waals surface area contributed by atoms with E-state index in [2.05, 4.69) is 21.7 Å². The van der Waals surface area contributed by atoms with E-state index in [-0.39, 0.29) is 12.4 Å². The van der Waals surface area contributed by atoms with Crippen molar-refractivity contribution in [1.82, 2.24) is 19.5 Å². The summed E-state index contributed by atoms with van der Waals surface area (Å²) in [5, 5.41) is 5.78. The summed E-state index contributed by atoms with van der Waals surface area (Å²) >= 11 is 0. The number of nitrogens with zero attached hydrogens (tertiary/aromatic N) is 3. The van der Waals surface area contributed by atoms with E-state index < -0.39 is 11.0 Å². The zero-order chi connectivity index (χ0) is 21.6. The summed E-state index contributed by atoms with van der Waals surface area (Å²) in [6.07, 6.45) is 6.11. The molecule has 162 valence electrons. The largest absolute Gasteiger partial charge is 0.444 e. The van der Waals surface area contributed by atoms with Crippen molar-refractivity contribution in [2.45, 2.75) is 44.2 Å². The maximum absolute atomic E-state index is 14.1. The predicted octanol–water partition coefficient (Wildman–Crippen LogP) is 5.07. The fourth-order valence-electron chi connectivity index (χ4n) is 3.42. The van der Waals surface area contributed by atoms with Crippen molar-refractivity contribution in [3.05, 3.63) is 66.1 Å². The topological polar surface area (TPSA) is 73.0 Å². The molecule has 0 fully saturated rings. The first-order valence-electron chi connectivity index (χ1n) is 10.5. The maximum atomic E-state index is 14.1. The fraction of sp³-hybridized carbons (Fsp3) is 0.304. The van der Waals surface area contributed by atoms with Crippen molar-refractivity contribution in [2.75, 3.05) is 6.54 Å². The van der Waals surface area contributed by atoms with Crippen molar-refractivity contribution in [2.24, 2.45) is 0 Å². The molecule has 0 bridgehead atoms. The second kappa shape index (κ2) is 9.98. The SMILES string of the molecule is CCCCCCNS(=O)c1ccc(-c2nn(Cc3ccccc3F)c3ncccc23)o1. The van der Waals surface area contributed by atoms with Gasteiger partial charge in [0, 0.05) is 18.3 Å². The monoisotopic (exact) mass is 440 g/mol. The number of hydrogen-bond acceptors (Lipinski definition) is 4. The molecule has 0 spiro atoms. The summed E-state index contributed by atoms with van der Waals surface area (Å²) in [6, 6.07) is 13.8. The number of rotatable bonds is 10. The molecule has 3 aromatic heterocycles. The van der Waals surface area contributed by atoms with Gasteiger partial charge in [0.2, 0.25) is 5.09 Å². The van der Waals surface area contributed by atoms with Crippen LogP contribution in [0.3, 0.4) is 0 Å². The number of halogens is 1. The molecule has 0 aliphatic carbocycles. The number of furan rings is 1. The lowest BCUT2D eigenvalue weighted by Crippen LogP contribution is -2.18. The summed E-state index contributed by atoms with van der Waals surface area (Å²) < 4.78 is 37.2. The van der Waals surface area contributed by atoms with Gasteiger partial charge in [0.05, 0.1) is 11.9 Å². The molecule has 4 rings (SSSR count). The van der Waals surface area contributed by atoms with Crippen LogP contribution in [-0.2, 0) is 17.5 Å². The smallest absolute Gasteiger partial charge is 0.206 e. The van der Waals surface area contributed by atoms with Crippen LogP contribution in [0.5, 0.6) is 0 Å². The van der Waals surface area contributed by atoms with Crippen LogP contribution in [0.15, 0.2) is 64.2 Å². The van der Waals surface area contributed by atoms with Crippen LogP contribution in [0.4, 0.5) is 4.39 Å². The second-order valence-corrected chi connectivity index (χ2v) is 8.54. The highest BCUT2D eigenvalue weighted by atomic mass is 32.2. The van der Waals surface area contributed by atoms with Crippen LogP contribution in [0.1, 0.15) is 38.2 Å². The molecule has 4 aromatic rings. The zero-order valence-corrected chi connectivity index (χ0v) is 18.2. The highest BCUT2D eigenvalue weighted by Crippen LogP contribution is 2.29. The van der Waals surface area contributed by atoms with Gasteiger partial charge in [0.15, 0.2) is 22.4 Å². The van der Waals surface area contributed by atoms with Gasteiger partial charge in [0.25, 0.3) is 0 Å². The minimum atomic E-state index is -1.42. The predicted molar refractivity (Wildman–Crippen MR) is 119 cm³/mol. The molecule has 1 atom stereocenters. The molecule has 0 saturated heterocycles. The number of pyridine rings is 1. The van der Waals surface area contributed by atoms with Crippen molar-refractivity contribution < 1.29 is 13.0 Å². The molecule has 1 N–H and O–H groups in total. The van der Waals surface area contributed by atoms with Crippen LogP contribution in [0, 0.1) is 5.82 Å². The summed E-state index contributed by atoms with van der Waals surface area (Å²) in [5.74, 6) is 0.214. The molecule has 8 heteroatoms. The first-order chi connectivity index (χ1) is 15.2. The van der Waals surface area contributed by atoms with Gasteiger partial charge in [-0.2, -0.15) is 5.10 Å². The number of hydrogen-bond donors (Lipinski definition) is 1. The molecular weight excluding hydrogens is 415 g/mol. The van der Waals surface area contributed by atoms with Gasteiger partial charge < -0.3 is 4.42 Å². The Morgan fingerprint density at radius 3 is 2.81 bits per heavy atom. The Hall–Kier alpha value is -2.84. The molecule has 0 aliphatic heterocycles. The van der Waals surface area contributed by atoms with Crippen LogP contribution >= 0.6 is 0 Å². The quantitative estimate of drug-likeness (QED) is 0.349. The van der Waals surface area contributed by atoms with Gasteiger partial charge in [0.1, 0.15) is 11.5 Å². The molecule has 31 heavy (non-hydrogen) atoms. The molecular formula is C23H25FN4O2S. The van der Waals surface area contributed by atoms with E-state index in [4.69, 9.17) is 4.42 Å². The van der Waals surface area contributed by atoms with Crippen molar-refractivity contribution >= 4 is 22.0 Å². The fourth-order valence-corrected chi connectivity index (χ4v) is 4.25. The van der Waals surface area contributed by atoms with Gasteiger partial charge in [-0.1, -0.05) is 44.4 Å². The van der Waals surface area contributed by atoms with E-state index in [1.807, 2.05) is 12.1 Å². The summed E-state index contributed by atoms with van der Waals surface area (Å²) in [4.78, 5) is 4.42.